The first-order valence-corrected chi connectivity index (χ1v) is 12.9. The smallest absolute Gasteiger partial charge is 0.303 e. The molecule has 0 saturated heterocycles. The normalized spacial score (nSPS) is 12.2. The van der Waals surface area contributed by atoms with E-state index in [0.717, 1.165) is 41.7 Å². The van der Waals surface area contributed by atoms with Crippen molar-refractivity contribution in [1.29, 1.82) is 0 Å². The minimum atomic E-state index is -0.797. The molecule has 0 aliphatic rings. The van der Waals surface area contributed by atoms with Gasteiger partial charge in [0.05, 0.1) is 18.3 Å². The highest BCUT2D eigenvalue weighted by Gasteiger charge is 2.15. The standard InChI is InChI=1S/C31H40O5/c1-5-7-8-9-10-12-29(32)28-22-25(11-6-2)13-17-30(28)36-24(4)19-20-35-27-16-14-26(23(3)21-27)15-18-31(33)34/h5,7,9-10,13-14,16-17,21-22,24H,6,8,11-12,15,18-20H2,1-4H3,(H,33,34)/b7-5-,10-9-. The van der Waals surface area contributed by atoms with E-state index in [2.05, 4.69) is 13.0 Å². The first kappa shape index (κ1) is 28.9. The summed E-state index contributed by atoms with van der Waals surface area (Å²) in [5.41, 5.74) is 3.82. The fraction of sp³-hybridized carbons (Fsp3) is 0.419. The predicted molar refractivity (Wildman–Crippen MR) is 145 cm³/mol. The molecule has 0 heterocycles. The number of carbonyl (C=O) groups is 2. The number of aliphatic carboxylic acids is 1. The van der Waals surface area contributed by atoms with E-state index in [1.807, 2.05) is 75.4 Å². The Labute approximate surface area is 215 Å². The minimum absolute atomic E-state index is 0.0570. The molecule has 1 N–H and O–H groups in total. The van der Waals surface area contributed by atoms with E-state index < -0.39 is 5.97 Å². The molecule has 36 heavy (non-hydrogen) atoms. The molecule has 2 aromatic carbocycles. The zero-order valence-electron chi connectivity index (χ0n) is 22.1. The lowest BCUT2D eigenvalue weighted by atomic mass is 10.0. The van der Waals surface area contributed by atoms with Crippen molar-refractivity contribution in [2.24, 2.45) is 0 Å². The third-order valence-corrected chi connectivity index (χ3v) is 5.90. The molecule has 0 spiro atoms. The van der Waals surface area contributed by atoms with Crippen LogP contribution in [0.25, 0.3) is 0 Å². The molecule has 0 aliphatic carbocycles. The zero-order valence-corrected chi connectivity index (χ0v) is 22.1. The van der Waals surface area contributed by atoms with Gasteiger partial charge in [-0.2, -0.15) is 0 Å². The quantitative estimate of drug-likeness (QED) is 0.197. The topological polar surface area (TPSA) is 72.8 Å². The Morgan fingerprint density at radius 3 is 2.56 bits per heavy atom. The number of Topliss-reactive ketones (excluding diaryl/α,β-unsaturated/α-hetero) is 1. The Bertz CT molecular complexity index is 1050. The molecule has 194 valence electrons. The average molecular weight is 493 g/mol. The predicted octanol–water partition coefficient (Wildman–Crippen LogP) is 7.30. The highest BCUT2D eigenvalue weighted by molar-refractivity contribution is 5.99. The summed E-state index contributed by atoms with van der Waals surface area (Å²) in [5, 5.41) is 8.89. The van der Waals surface area contributed by atoms with Gasteiger partial charge in [0.15, 0.2) is 5.78 Å². The van der Waals surface area contributed by atoms with Gasteiger partial charge in [-0.3, -0.25) is 9.59 Å². The van der Waals surface area contributed by atoms with E-state index >= 15 is 0 Å². The molecule has 0 radical (unpaired) electrons. The lowest BCUT2D eigenvalue weighted by Crippen LogP contribution is -2.17. The van der Waals surface area contributed by atoms with E-state index in [1.54, 1.807) is 0 Å². The van der Waals surface area contributed by atoms with Gasteiger partial charge in [-0.15, -0.1) is 0 Å². The number of ketones is 1. The third-order valence-electron chi connectivity index (χ3n) is 5.90. The summed E-state index contributed by atoms with van der Waals surface area (Å²) in [7, 11) is 0. The van der Waals surface area contributed by atoms with Crippen molar-refractivity contribution in [2.45, 2.75) is 78.7 Å². The molecule has 5 nitrogen and oxygen atoms in total. The van der Waals surface area contributed by atoms with Crippen LogP contribution < -0.4 is 9.47 Å². The maximum absolute atomic E-state index is 13.0. The summed E-state index contributed by atoms with van der Waals surface area (Å²) in [6, 6.07) is 11.7. The second-order valence-electron chi connectivity index (χ2n) is 9.03. The Hall–Kier alpha value is -3.34. The summed E-state index contributed by atoms with van der Waals surface area (Å²) < 4.78 is 12.1. The van der Waals surface area contributed by atoms with Crippen LogP contribution in [0.2, 0.25) is 0 Å². The van der Waals surface area contributed by atoms with Gasteiger partial charge in [-0.05, 0) is 81.0 Å². The van der Waals surface area contributed by atoms with Crippen LogP contribution in [-0.4, -0.2) is 29.6 Å². The van der Waals surface area contributed by atoms with Gasteiger partial charge in [-0.1, -0.05) is 49.8 Å². The van der Waals surface area contributed by atoms with E-state index in [-0.39, 0.29) is 18.3 Å². The molecule has 0 fully saturated rings. The van der Waals surface area contributed by atoms with Gasteiger partial charge < -0.3 is 14.6 Å². The Kier molecular flexibility index (Phi) is 12.5. The van der Waals surface area contributed by atoms with E-state index in [9.17, 15) is 9.59 Å². The lowest BCUT2D eigenvalue weighted by molar-refractivity contribution is -0.136. The first-order chi connectivity index (χ1) is 17.3. The number of aryl methyl sites for hydroxylation is 3. The van der Waals surface area contributed by atoms with Crippen LogP contribution in [0.5, 0.6) is 11.5 Å². The van der Waals surface area contributed by atoms with Crippen LogP contribution in [-0.2, 0) is 17.6 Å². The SMILES string of the molecule is C/C=C\C/C=C\CC(=O)c1cc(CCC)ccc1OC(C)CCOc1ccc(CCC(=O)O)c(C)c1. The van der Waals surface area contributed by atoms with Crippen LogP contribution in [0, 0.1) is 6.92 Å². The molecule has 0 aliphatic heterocycles. The van der Waals surface area contributed by atoms with Crippen LogP contribution >= 0.6 is 0 Å². The summed E-state index contributed by atoms with van der Waals surface area (Å²) in [4.78, 5) is 23.8. The Morgan fingerprint density at radius 2 is 1.86 bits per heavy atom. The molecule has 1 atom stereocenters. The maximum atomic E-state index is 13.0. The van der Waals surface area contributed by atoms with Crippen LogP contribution in [0.15, 0.2) is 60.7 Å². The summed E-state index contributed by atoms with van der Waals surface area (Å²) >= 11 is 0. The number of carboxylic acids is 1. The van der Waals surface area contributed by atoms with Crippen molar-refractivity contribution in [1.82, 2.24) is 0 Å². The molecule has 0 aromatic heterocycles. The number of benzene rings is 2. The maximum Gasteiger partial charge on any atom is 0.303 e. The number of rotatable bonds is 16. The van der Waals surface area contributed by atoms with Crippen molar-refractivity contribution in [3.05, 3.63) is 83.0 Å². The number of carbonyl (C=O) groups excluding carboxylic acids is 1. The molecule has 0 bridgehead atoms. The number of hydrogen-bond acceptors (Lipinski definition) is 4. The molecule has 5 heteroatoms. The summed E-state index contributed by atoms with van der Waals surface area (Å²) in [5.74, 6) is 0.632. The van der Waals surface area contributed by atoms with Crippen molar-refractivity contribution >= 4 is 11.8 Å². The van der Waals surface area contributed by atoms with Crippen LogP contribution in [0.1, 0.15) is 79.9 Å². The van der Waals surface area contributed by atoms with Gasteiger partial charge in [0.1, 0.15) is 11.5 Å². The van der Waals surface area contributed by atoms with E-state index in [4.69, 9.17) is 14.6 Å². The first-order valence-electron chi connectivity index (χ1n) is 12.9. The fourth-order valence-corrected chi connectivity index (χ4v) is 3.85. The largest absolute Gasteiger partial charge is 0.493 e. The number of carboxylic acid groups (broad SMARTS) is 1. The molecule has 1 unspecified atom stereocenters. The second kappa shape index (κ2) is 15.6. The zero-order chi connectivity index (χ0) is 26.3. The average Bonchev–Trinajstić information content (AvgIpc) is 2.84. The Balaban J connectivity index is 1.97. The highest BCUT2D eigenvalue weighted by atomic mass is 16.5. The molecule has 2 aromatic rings. The molecular weight excluding hydrogens is 452 g/mol. The van der Waals surface area contributed by atoms with Crippen molar-refractivity contribution in [3.8, 4) is 11.5 Å². The van der Waals surface area contributed by atoms with Crippen LogP contribution in [0.3, 0.4) is 0 Å². The van der Waals surface area contributed by atoms with Gasteiger partial charge in [-0.25, -0.2) is 0 Å². The second-order valence-corrected chi connectivity index (χ2v) is 9.03. The van der Waals surface area contributed by atoms with Crippen LogP contribution in [0.4, 0.5) is 0 Å². The molecule has 0 amide bonds. The van der Waals surface area contributed by atoms with Gasteiger partial charge >= 0.3 is 5.97 Å². The number of ether oxygens (including phenoxy) is 2. The van der Waals surface area contributed by atoms with E-state index in [1.165, 1.54) is 0 Å². The molecule has 2 rings (SSSR count). The number of allylic oxidation sites excluding steroid dienone is 4. The molecule has 0 saturated carbocycles. The van der Waals surface area contributed by atoms with Crippen molar-refractivity contribution in [3.63, 3.8) is 0 Å². The van der Waals surface area contributed by atoms with E-state index in [0.29, 0.717) is 37.2 Å². The number of hydrogen-bond donors (Lipinski definition) is 1. The third kappa shape index (κ3) is 10.1. The van der Waals surface area contributed by atoms with Gasteiger partial charge in [0, 0.05) is 19.3 Å². The van der Waals surface area contributed by atoms with Crippen molar-refractivity contribution in [2.75, 3.05) is 6.61 Å². The minimum Gasteiger partial charge on any atom is -0.493 e. The fourth-order valence-electron chi connectivity index (χ4n) is 3.85. The molecular formula is C31H40O5. The van der Waals surface area contributed by atoms with Gasteiger partial charge in [0.25, 0.3) is 0 Å². The monoisotopic (exact) mass is 492 g/mol. The lowest BCUT2D eigenvalue weighted by Gasteiger charge is -2.18. The Morgan fingerprint density at radius 1 is 1.06 bits per heavy atom. The summed E-state index contributed by atoms with van der Waals surface area (Å²) in [6.07, 6.45) is 12.3. The van der Waals surface area contributed by atoms with Gasteiger partial charge in [0.2, 0.25) is 0 Å². The van der Waals surface area contributed by atoms with Crippen molar-refractivity contribution < 1.29 is 24.2 Å². The summed E-state index contributed by atoms with van der Waals surface area (Å²) in [6.45, 7) is 8.53. The highest BCUT2D eigenvalue weighted by Crippen LogP contribution is 2.25.